The van der Waals surface area contributed by atoms with E-state index in [0.717, 1.165) is 44.3 Å². The first kappa shape index (κ1) is 24.5. The van der Waals surface area contributed by atoms with Gasteiger partial charge in [-0.3, -0.25) is 0 Å². The van der Waals surface area contributed by atoms with Gasteiger partial charge in [0, 0.05) is 58.5 Å². The van der Waals surface area contributed by atoms with Crippen LogP contribution in [0.2, 0.25) is 0 Å². The van der Waals surface area contributed by atoms with Crippen LogP contribution >= 0.6 is 11.3 Å². The van der Waals surface area contributed by atoms with Crippen molar-refractivity contribution in [1.82, 2.24) is 9.13 Å². The van der Waals surface area contributed by atoms with E-state index < -0.39 is 0 Å². The number of rotatable bonds is 2. The van der Waals surface area contributed by atoms with Crippen LogP contribution in [0.1, 0.15) is 0 Å². The number of nitrogens with zero attached hydrogens (tertiary/aromatic N) is 2. The van der Waals surface area contributed by atoms with Gasteiger partial charge >= 0.3 is 0 Å². The zero-order valence-corrected chi connectivity index (χ0v) is 25.4. The van der Waals surface area contributed by atoms with Crippen LogP contribution in [-0.2, 0) is 0 Å². The zero-order chi connectivity index (χ0) is 29.9. The Morgan fingerprint density at radius 2 is 1.00 bits per heavy atom. The summed E-state index contributed by atoms with van der Waals surface area (Å²) in [4.78, 5) is 0. The number of aromatic nitrogens is 2. The first-order chi connectivity index (χ1) is 22.8. The third kappa shape index (κ3) is 3.06. The molecule has 0 aliphatic heterocycles. The van der Waals surface area contributed by atoms with Gasteiger partial charge in [0.1, 0.15) is 11.2 Å². The van der Waals surface area contributed by atoms with E-state index in [0.29, 0.717) is 0 Å². The summed E-state index contributed by atoms with van der Waals surface area (Å²) < 4.78 is 14.4. The highest BCUT2D eigenvalue weighted by molar-refractivity contribution is 7.25. The van der Waals surface area contributed by atoms with Crippen LogP contribution in [0.3, 0.4) is 0 Å². The third-order valence-corrected chi connectivity index (χ3v) is 10.8. The molecule has 3 nitrogen and oxygen atoms in total. The Hall–Kier alpha value is -5.84. The molecule has 4 heterocycles. The van der Waals surface area contributed by atoms with E-state index in [2.05, 4.69) is 155 Å². The second-order valence-electron chi connectivity index (χ2n) is 12.1. The van der Waals surface area contributed by atoms with Gasteiger partial charge < -0.3 is 13.6 Å². The van der Waals surface area contributed by atoms with Crippen LogP contribution in [0.4, 0.5) is 0 Å². The van der Waals surface area contributed by atoms with Gasteiger partial charge in [0.05, 0.1) is 27.5 Å². The molecular formula is C42H24N2OS. The number of hydrogen-bond donors (Lipinski definition) is 0. The lowest BCUT2D eigenvalue weighted by Crippen LogP contribution is -1.98. The summed E-state index contributed by atoms with van der Waals surface area (Å²) in [5.41, 5.74) is 8.81. The van der Waals surface area contributed by atoms with Gasteiger partial charge in [0.15, 0.2) is 0 Å². The molecule has 11 rings (SSSR count). The van der Waals surface area contributed by atoms with Crippen molar-refractivity contribution >= 4 is 97.1 Å². The predicted molar refractivity (Wildman–Crippen MR) is 195 cm³/mol. The monoisotopic (exact) mass is 604 g/mol. The lowest BCUT2D eigenvalue weighted by molar-refractivity contribution is 0.673. The van der Waals surface area contributed by atoms with Crippen molar-refractivity contribution < 1.29 is 4.42 Å². The lowest BCUT2D eigenvalue weighted by Gasteiger charge is -2.13. The summed E-state index contributed by atoms with van der Waals surface area (Å²) in [6.07, 6.45) is 0. The fourth-order valence-corrected chi connectivity index (χ4v) is 8.93. The predicted octanol–water partition coefficient (Wildman–Crippen LogP) is 12.1. The number of benzene rings is 7. The molecule has 0 bridgehead atoms. The van der Waals surface area contributed by atoms with E-state index in [-0.39, 0.29) is 0 Å². The Morgan fingerprint density at radius 1 is 0.413 bits per heavy atom. The van der Waals surface area contributed by atoms with E-state index >= 15 is 0 Å². The topological polar surface area (TPSA) is 23.0 Å². The number of fused-ring (bicyclic) bond motifs is 15. The summed E-state index contributed by atoms with van der Waals surface area (Å²) >= 11 is 1.86. The van der Waals surface area contributed by atoms with Gasteiger partial charge in [-0.15, -0.1) is 11.3 Å². The second kappa shape index (κ2) is 8.87. The normalized spacial score (nSPS) is 12.3. The maximum absolute atomic E-state index is 6.87. The van der Waals surface area contributed by atoms with Crippen LogP contribution in [-0.4, -0.2) is 9.13 Å². The Morgan fingerprint density at radius 3 is 1.80 bits per heavy atom. The molecule has 0 fully saturated rings. The van der Waals surface area contributed by atoms with Crippen molar-refractivity contribution in [1.29, 1.82) is 0 Å². The molecule has 214 valence electrons. The van der Waals surface area contributed by atoms with E-state index in [4.69, 9.17) is 4.42 Å². The van der Waals surface area contributed by atoms with E-state index in [1.165, 1.54) is 52.8 Å². The van der Waals surface area contributed by atoms with Crippen molar-refractivity contribution in [2.75, 3.05) is 0 Å². The molecule has 0 saturated carbocycles. The summed E-state index contributed by atoms with van der Waals surface area (Å²) in [6.45, 7) is 0. The Bertz CT molecular complexity index is 3030. The molecule has 0 spiro atoms. The van der Waals surface area contributed by atoms with Crippen LogP contribution in [0.25, 0.3) is 97.1 Å². The number of hydrogen-bond acceptors (Lipinski definition) is 2. The highest BCUT2D eigenvalue weighted by Gasteiger charge is 2.27. The van der Waals surface area contributed by atoms with Gasteiger partial charge in [-0.2, -0.15) is 0 Å². The number of furan rings is 1. The van der Waals surface area contributed by atoms with E-state index in [1.807, 2.05) is 11.3 Å². The Balaban J connectivity index is 1.46. The maximum atomic E-state index is 6.87. The van der Waals surface area contributed by atoms with Crippen molar-refractivity contribution in [2.24, 2.45) is 0 Å². The number of para-hydroxylation sites is 4. The molecule has 4 heteroatoms. The smallest absolute Gasteiger partial charge is 0.146 e. The van der Waals surface area contributed by atoms with Crippen LogP contribution in [0.5, 0.6) is 0 Å². The first-order valence-corrected chi connectivity index (χ1v) is 16.4. The van der Waals surface area contributed by atoms with Crippen molar-refractivity contribution in [2.45, 2.75) is 0 Å². The van der Waals surface area contributed by atoms with Gasteiger partial charge in [0.2, 0.25) is 0 Å². The van der Waals surface area contributed by atoms with Crippen molar-refractivity contribution in [3.63, 3.8) is 0 Å². The highest BCUT2D eigenvalue weighted by Crippen LogP contribution is 2.49. The molecular weight excluding hydrogens is 581 g/mol. The van der Waals surface area contributed by atoms with Crippen LogP contribution in [0.15, 0.2) is 150 Å². The minimum absolute atomic E-state index is 0.908. The van der Waals surface area contributed by atoms with Crippen LogP contribution in [0, 0.1) is 0 Å². The van der Waals surface area contributed by atoms with Gasteiger partial charge in [-0.1, -0.05) is 91.0 Å². The molecule has 0 unspecified atom stereocenters. The largest absolute Gasteiger partial charge is 0.455 e. The summed E-state index contributed by atoms with van der Waals surface area (Å²) in [5.74, 6) is 0. The molecule has 0 aliphatic carbocycles. The van der Waals surface area contributed by atoms with Gasteiger partial charge in [-0.05, 0) is 54.6 Å². The minimum atomic E-state index is 0.908. The van der Waals surface area contributed by atoms with Gasteiger partial charge in [0.25, 0.3) is 0 Å². The summed E-state index contributed by atoms with van der Waals surface area (Å²) in [7, 11) is 0. The molecule has 0 aliphatic rings. The standard InChI is InChI=1S/C42H24N2OS/c1-2-12-25(13-3-1)43-33-19-9-5-16-29(33)39-41(43)40-37(38-30-17-6-10-20-34(30)45-42(38)39)28-15-4-8-18-32(28)44(40)26-22-23-36-31(24-26)27-14-7-11-21-35(27)46-36/h1-24H. The molecule has 0 radical (unpaired) electrons. The van der Waals surface area contributed by atoms with Crippen molar-refractivity contribution in [3.05, 3.63) is 146 Å². The average molecular weight is 605 g/mol. The fourth-order valence-electron chi connectivity index (χ4n) is 7.85. The minimum Gasteiger partial charge on any atom is -0.455 e. The maximum Gasteiger partial charge on any atom is 0.146 e. The Labute approximate surface area is 266 Å². The van der Waals surface area contributed by atoms with E-state index in [9.17, 15) is 0 Å². The number of thiophene rings is 1. The molecule has 7 aromatic carbocycles. The molecule has 4 aromatic heterocycles. The van der Waals surface area contributed by atoms with Crippen LogP contribution < -0.4 is 0 Å². The Kier molecular flexibility index (Phi) is 4.72. The molecule has 46 heavy (non-hydrogen) atoms. The third-order valence-electron chi connectivity index (χ3n) is 9.68. The first-order valence-electron chi connectivity index (χ1n) is 15.6. The van der Waals surface area contributed by atoms with E-state index in [1.54, 1.807) is 0 Å². The quantitative estimate of drug-likeness (QED) is 0.192. The van der Waals surface area contributed by atoms with Gasteiger partial charge in [-0.25, -0.2) is 0 Å². The molecule has 11 aromatic rings. The second-order valence-corrected chi connectivity index (χ2v) is 13.2. The molecule has 0 saturated heterocycles. The lowest BCUT2D eigenvalue weighted by atomic mass is 10.0. The molecule has 0 amide bonds. The molecule has 0 N–H and O–H groups in total. The SMILES string of the molecule is c1ccc(-n2c3ccccc3c3c4oc5ccccc5c4c4c5ccccc5n(-c5ccc6sc7ccccc7c6c5)c4c32)cc1. The average Bonchev–Trinajstić information content (AvgIpc) is 3.86. The molecule has 0 atom stereocenters. The summed E-state index contributed by atoms with van der Waals surface area (Å²) in [6, 6.07) is 52.6. The van der Waals surface area contributed by atoms with Crippen molar-refractivity contribution in [3.8, 4) is 11.4 Å². The summed E-state index contributed by atoms with van der Waals surface area (Å²) in [5, 5.41) is 9.67. The fraction of sp³-hybridized carbons (Fsp3) is 0. The zero-order valence-electron chi connectivity index (χ0n) is 24.6. The highest BCUT2D eigenvalue weighted by atomic mass is 32.1.